The van der Waals surface area contributed by atoms with Gasteiger partial charge in [-0.1, -0.05) is 31.5 Å². The lowest BCUT2D eigenvalue weighted by molar-refractivity contribution is 0.540. The average molecular weight is 197 g/mol. The zero-order valence-electron chi connectivity index (χ0n) is 9.03. The van der Waals surface area contributed by atoms with Crippen LogP contribution < -0.4 is 0 Å². The van der Waals surface area contributed by atoms with E-state index < -0.39 is 0 Å². The van der Waals surface area contributed by atoms with Crippen LogP contribution in [-0.4, -0.2) is 4.98 Å². The van der Waals surface area contributed by atoms with Crippen LogP contribution in [0.25, 0.3) is 10.9 Å². The smallest absolute Gasteiger partial charge is 0.0705 e. The summed E-state index contributed by atoms with van der Waals surface area (Å²) < 4.78 is 0. The predicted molar refractivity (Wildman–Crippen MR) is 62.9 cm³/mol. The minimum Gasteiger partial charge on any atom is -0.253 e. The molecule has 2 aromatic rings. The fraction of sp³-hybridized carbons (Fsp3) is 0.357. The molecule has 3 rings (SSSR count). The molecule has 0 saturated heterocycles. The summed E-state index contributed by atoms with van der Waals surface area (Å²) in [6.45, 7) is 2.27. The first-order valence-corrected chi connectivity index (χ1v) is 5.74. The molecular weight excluding hydrogens is 182 g/mol. The van der Waals surface area contributed by atoms with E-state index in [1.54, 1.807) is 0 Å². The number of aromatic nitrogens is 1. The summed E-state index contributed by atoms with van der Waals surface area (Å²) in [5, 5.41) is 1.29. The van der Waals surface area contributed by atoms with E-state index in [2.05, 4.69) is 37.3 Å². The topological polar surface area (TPSA) is 12.9 Å². The molecule has 1 nitrogen and oxygen atoms in total. The number of rotatable bonds is 1. The van der Waals surface area contributed by atoms with E-state index in [-0.39, 0.29) is 0 Å². The molecule has 1 atom stereocenters. The summed E-state index contributed by atoms with van der Waals surface area (Å²) in [5.74, 6) is 0.823. The average Bonchev–Trinajstić information content (AvgIpc) is 2.67. The van der Waals surface area contributed by atoms with Crippen molar-refractivity contribution in [3.05, 3.63) is 41.6 Å². The number of hydrogen-bond donors (Lipinski definition) is 0. The molecule has 1 aromatic heterocycles. The first-order chi connectivity index (χ1) is 7.36. The van der Waals surface area contributed by atoms with Crippen molar-refractivity contribution in [1.82, 2.24) is 4.98 Å². The molecule has 0 bridgehead atoms. The quantitative estimate of drug-likeness (QED) is 0.683. The van der Waals surface area contributed by atoms with Crippen molar-refractivity contribution in [2.24, 2.45) is 5.92 Å². The lowest BCUT2D eigenvalue weighted by Crippen LogP contribution is -1.95. The largest absolute Gasteiger partial charge is 0.253 e. The molecule has 1 heterocycles. The van der Waals surface area contributed by atoms with Crippen LogP contribution in [0, 0.1) is 5.92 Å². The first-order valence-electron chi connectivity index (χ1n) is 5.74. The molecule has 15 heavy (non-hydrogen) atoms. The number of nitrogens with zero attached hydrogens (tertiary/aromatic N) is 1. The van der Waals surface area contributed by atoms with E-state index in [1.165, 1.54) is 35.9 Å². The van der Waals surface area contributed by atoms with Crippen LogP contribution in [0.4, 0.5) is 0 Å². The molecule has 76 valence electrons. The molecule has 0 radical (unpaired) electrons. The molecular formula is C14H15N. The second-order valence-electron chi connectivity index (χ2n) is 4.47. The van der Waals surface area contributed by atoms with Gasteiger partial charge in [0.1, 0.15) is 0 Å². The van der Waals surface area contributed by atoms with Gasteiger partial charge in [-0.2, -0.15) is 0 Å². The molecule has 0 saturated carbocycles. The molecule has 0 fully saturated rings. The van der Waals surface area contributed by atoms with E-state index in [4.69, 9.17) is 4.98 Å². The Hall–Kier alpha value is -1.37. The summed E-state index contributed by atoms with van der Waals surface area (Å²) in [4.78, 5) is 4.75. The lowest BCUT2D eigenvalue weighted by Gasteiger charge is -2.01. The zero-order valence-corrected chi connectivity index (χ0v) is 9.03. The molecule has 1 aliphatic rings. The van der Waals surface area contributed by atoms with E-state index in [0.29, 0.717) is 0 Å². The van der Waals surface area contributed by atoms with Crippen LogP contribution in [-0.2, 0) is 12.8 Å². The highest BCUT2D eigenvalue weighted by Gasteiger charge is 2.21. The highest BCUT2D eigenvalue weighted by Crippen LogP contribution is 2.29. The standard InChI is InChI=1S/C14H15N/c1-2-10-7-12-9-11-5-3-4-6-13(11)15-14(12)8-10/h3-6,9-10H,2,7-8H2,1H3/t10-/m1/s1. The van der Waals surface area contributed by atoms with E-state index in [0.717, 1.165) is 11.4 Å². The van der Waals surface area contributed by atoms with E-state index >= 15 is 0 Å². The fourth-order valence-electron chi connectivity index (χ4n) is 2.50. The van der Waals surface area contributed by atoms with Crippen LogP contribution in [0.3, 0.4) is 0 Å². The zero-order chi connectivity index (χ0) is 10.3. The molecule has 0 aliphatic heterocycles. The second-order valence-corrected chi connectivity index (χ2v) is 4.47. The van der Waals surface area contributed by atoms with Crippen molar-refractivity contribution < 1.29 is 0 Å². The summed E-state index contributed by atoms with van der Waals surface area (Å²) in [7, 11) is 0. The fourth-order valence-corrected chi connectivity index (χ4v) is 2.50. The van der Waals surface area contributed by atoms with Crippen molar-refractivity contribution in [1.29, 1.82) is 0 Å². The van der Waals surface area contributed by atoms with Gasteiger partial charge in [-0.15, -0.1) is 0 Å². The van der Waals surface area contributed by atoms with Crippen molar-refractivity contribution in [2.75, 3.05) is 0 Å². The Kier molecular flexibility index (Phi) is 1.98. The van der Waals surface area contributed by atoms with Gasteiger partial charge in [0.05, 0.1) is 5.52 Å². The Morgan fingerprint density at radius 2 is 2.13 bits per heavy atom. The van der Waals surface area contributed by atoms with Gasteiger partial charge in [0.2, 0.25) is 0 Å². The van der Waals surface area contributed by atoms with Crippen molar-refractivity contribution in [3.8, 4) is 0 Å². The number of para-hydroxylation sites is 1. The Morgan fingerprint density at radius 1 is 1.27 bits per heavy atom. The minimum absolute atomic E-state index is 0.823. The Balaban J connectivity index is 2.14. The predicted octanol–water partition coefficient (Wildman–Crippen LogP) is 3.36. The van der Waals surface area contributed by atoms with Gasteiger partial charge < -0.3 is 0 Å². The summed E-state index contributed by atoms with van der Waals surface area (Å²) in [6, 6.07) is 10.7. The first kappa shape index (κ1) is 8.90. The number of pyridine rings is 1. The SMILES string of the molecule is CC[C@@H]1Cc2cc3ccccc3nc2C1. The van der Waals surface area contributed by atoms with Crippen molar-refractivity contribution in [3.63, 3.8) is 0 Å². The summed E-state index contributed by atoms with van der Waals surface area (Å²) in [6.07, 6.45) is 3.67. The van der Waals surface area contributed by atoms with Gasteiger partial charge in [-0.3, -0.25) is 4.98 Å². The third-order valence-corrected chi connectivity index (χ3v) is 3.46. The molecule has 1 aromatic carbocycles. The van der Waals surface area contributed by atoms with Gasteiger partial charge in [-0.25, -0.2) is 0 Å². The summed E-state index contributed by atoms with van der Waals surface area (Å²) >= 11 is 0. The highest BCUT2D eigenvalue weighted by atomic mass is 14.7. The normalized spacial score (nSPS) is 19.4. The monoisotopic (exact) mass is 197 g/mol. The van der Waals surface area contributed by atoms with Crippen molar-refractivity contribution in [2.45, 2.75) is 26.2 Å². The summed E-state index contributed by atoms with van der Waals surface area (Å²) in [5.41, 5.74) is 3.95. The lowest BCUT2D eigenvalue weighted by atomic mass is 10.0. The van der Waals surface area contributed by atoms with Gasteiger partial charge in [0, 0.05) is 11.1 Å². The maximum atomic E-state index is 4.75. The number of fused-ring (bicyclic) bond motifs is 2. The van der Waals surface area contributed by atoms with Gasteiger partial charge in [0.15, 0.2) is 0 Å². The van der Waals surface area contributed by atoms with Crippen LogP contribution in [0.2, 0.25) is 0 Å². The second kappa shape index (κ2) is 3.34. The maximum Gasteiger partial charge on any atom is 0.0705 e. The van der Waals surface area contributed by atoms with Crippen molar-refractivity contribution >= 4 is 10.9 Å². The number of benzene rings is 1. The molecule has 0 amide bonds. The van der Waals surface area contributed by atoms with Gasteiger partial charge in [-0.05, 0) is 36.5 Å². The molecule has 0 spiro atoms. The molecule has 0 unspecified atom stereocenters. The third-order valence-electron chi connectivity index (χ3n) is 3.46. The molecule has 0 N–H and O–H groups in total. The van der Waals surface area contributed by atoms with Crippen LogP contribution in [0.15, 0.2) is 30.3 Å². The Bertz CT molecular complexity index is 457. The van der Waals surface area contributed by atoms with Gasteiger partial charge in [0.25, 0.3) is 0 Å². The van der Waals surface area contributed by atoms with Crippen LogP contribution >= 0.6 is 0 Å². The molecule has 1 heteroatoms. The van der Waals surface area contributed by atoms with E-state index in [9.17, 15) is 0 Å². The maximum absolute atomic E-state index is 4.75. The van der Waals surface area contributed by atoms with Crippen LogP contribution in [0.5, 0.6) is 0 Å². The Morgan fingerprint density at radius 3 is 3.00 bits per heavy atom. The third kappa shape index (κ3) is 1.43. The number of hydrogen-bond acceptors (Lipinski definition) is 1. The van der Waals surface area contributed by atoms with Gasteiger partial charge >= 0.3 is 0 Å². The van der Waals surface area contributed by atoms with Crippen LogP contribution in [0.1, 0.15) is 24.6 Å². The Labute approximate surface area is 90.2 Å². The highest BCUT2D eigenvalue weighted by molar-refractivity contribution is 5.79. The molecule has 1 aliphatic carbocycles. The minimum atomic E-state index is 0.823. The van der Waals surface area contributed by atoms with E-state index in [1.807, 2.05) is 0 Å².